The fourth-order valence-corrected chi connectivity index (χ4v) is 4.61. The lowest BCUT2D eigenvalue weighted by molar-refractivity contribution is 0.0491. The van der Waals surface area contributed by atoms with Crippen molar-refractivity contribution in [1.29, 1.82) is 0 Å². The molecule has 0 aliphatic rings. The van der Waals surface area contributed by atoms with Gasteiger partial charge in [-0.15, -0.1) is 0 Å². The molecule has 0 saturated carbocycles. The van der Waals surface area contributed by atoms with E-state index in [1.807, 2.05) is 0 Å². The van der Waals surface area contributed by atoms with E-state index < -0.39 is 21.8 Å². The Morgan fingerprint density at radius 3 is 2.71 bits per heavy atom. The highest BCUT2D eigenvalue weighted by molar-refractivity contribution is 7.89. The van der Waals surface area contributed by atoms with Crippen LogP contribution in [0, 0.1) is 12.7 Å². The van der Waals surface area contributed by atoms with Gasteiger partial charge in [-0.05, 0) is 44.2 Å². The Morgan fingerprint density at radius 1 is 1.21 bits per heavy atom. The first kappa shape index (κ1) is 23.6. The molecule has 2 aromatic heterocycles. The number of sulfonamides is 1. The SMILES string of the molecule is CCOC(=O)c1oc2ccc(S(=O)(=O)N(C)CCc3noc(-c4ccccc4F)n3)cc2c1C. The number of hydrogen-bond donors (Lipinski definition) is 0. The van der Waals surface area contributed by atoms with Gasteiger partial charge in [-0.1, -0.05) is 17.3 Å². The van der Waals surface area contributed by atoms with Gasteiger partial charge in [0.2, 0.25) is 15.8 Å². The third-order valence-corrected chi connectivity index (χ3v) is 7.15. The quantitative estimate of drug-likeness (QED) is 0.343. The lowest BCUT2D eigenvalue weighted by Crippen LogP contribution is -2.29. The van der Waals surface area contributed by atoms with Crippen molar-refractivity contribution in [2.24, 2.45) is 0 Å². The van der Waals surface area contributed by atoms with E-state index in [1.54, 1.807) is 26.0 Å². The third-order valence-electron chi connectivity index (χ3n) is 5.30. The van der Waals surface area contributed by atoms with E-state index in [0.717, 1.165) is 4.31 Å². The smallest absolute Gasteiger partial charge is 0.374 e. The van der Waals surface area contributed by atoms with Crippen molar-refractivity contribution in [2.75, 3.05) is 20.2 Å². The van der Waals surface area contributed by atoms with Crippen LogP contribution in [-0.2, 0) is 21.2 Å². The van der Waals surface area contributed by atoms with Crippen molar-refractivity contribution in [3.8, 4) is 11.5 Å². The van der Waals surface area contributed by atoms with E-state index >= 15 is 0 Å². The standard InChI is InChI=1S/C23H22FN3O6S/c1-4-31-23(28)21-14(2)17-13-15(9-10-19(17)32-21)34(29,30)27(3)12-11-20-25-22(33-26-20)16-7-5-6-8-18(16)24/h5-10,13H,4,11-12H2,1-3H3. The van der Waals surface area contributed by atoms with Gasteiger partial charge >= 0.3 is 5.97 Å². The number of carbonyl (C=O) groups excluding carboxylic acids is 1. The van der Waals surface area contributed by atoms with Crippen LogP contribution < -0.4 is 0 Å². The van der Waals surface area contributed by atoms with E-state index in [1.165, 1.54) is 37.4 Å². The predicted octanol–water partition coefficient (Wildman–Crippen LogP) is 3.97. The summed E-state index contributed by atoms with van der Waals surface area (Å²) in [4.78, 5) is 16.3. The molecule has 2 aromatic carbocycles. The summed E-state index contributed by atoms with van der Waals surface area (Å²) in [6.07, 6.45) is 0.160. The maximum Gasteiger partial charge on any atom is 0.374 e. The summed E-state index contributed by atoms with van der Waals surface area (Å²) in [6, 6.07) is 10.4. The van der Waals surface area contributed by atoms with Gasteiger partial charge in [0, 0.05) is 31.0 Å². The molecule has 0 amide bonds. The highest BCUT2D eigenvalue weighted by Gasteiger charge is 2.25. The van der Waals surface area contributed by atoms with Crippen molar-refractivity contribution in [3.63, 3.8) is 0 Å². The second-order valence-electron chi connectivity index (χ2n) is 7.51. The molecule has 0 fully saturated rings. The first-order chi connectivity index (χ1) is 16.2. The molecule has 34 heavy (non-hydrogen) atoms. The topological polar surface area (TPSA) is 116 Å². The Balaban J connectivity index is 1.51. The summed E-state index contributed by atoms with van der Waals surface area (Å²) in [5.74, 6) is -0.777. The van der Waals surface area contributed by atoms with Gasteiger partial charge in [-0.2, -0.15) is 4.98 Å². The molecule has 0 saturated heterocycles. The number of aromatic nitrogens is 2. The first-order valence-corrected chi connectivity index (χ1v) is 11.9. The van der Waals surface area contributed by atoms with Gasteiger partial charge in [-0.3, -0.25) is 0 Å². The van der Waals surface area contributed by atoms with E-state index in [2.05, 4.69) is 10.1 Å². The van der Waals surface area contributed by atoms with Crippen molar-refractivity contribution in [1.82, 2.24) is 14.4 Å². The molecule has 0 atom stereocenters. The Bertz CT molecular complexity index is 1460. The van der Waals surface area contributed by atoms with E-state index in [0.29, 0.717) is 16.5 Å². The molecule has 0 radical (unpaired) electrons. The molecule has 178 valence electrons. The van der Waals surface area contributed by atoms with Crippen LogP contribution in [0.15, 0.2) is 56.3 Å². The number of likely N-dealkylation sites (N-methyl/N-ethyl adjacent to an activating group) is 1. The zero-order chi connectivity index (χ0) is 24.5. The third kappa shape index (κ3) is 4.44. The van der Waals surface area contributed by atoms with Gasteiger partial charge in [-0.25, -0.2) is 21.9 Å². The second kappa shape index (κ2) is 9.35. The maximum atomic E-state index is 13.9. The number of ether oxygens (including phenoxy) is 1. The number of carbonyl (C=O) groups is 1. The molecule has 4 rings (SSSR count). The molecular weight excluding hydrogens is 465 g/mol. The molecule has 4 aromatic rings. The Kier molecular flexibility index (Phi) is 6.49. The molecule has 11 heteroatoms. The van der Waals surface area contributed by atoms with Gasteiger partial charge in [0.15, 0.2) is 5.82 Å². The second-order valence-corrected chi connectivity index (χ2v) is 9.55. The van der Waals surface area contributed by atoms with Gasteiger partial charge < -0.3 is 13.7 Å². The molecule has 9 nitrogen and oxygen atoms in total. The number of fused-ring (bicyclic) bond motifs is 1. The monoisotopic (exact) mass is 487 g/mol. The zero-order valence-corrected chi connectivity index (χ0v) is 19.6. The summed E-state index contributed by atoms with van der Waals surface area (Å²) in [5, 5.41) is 4.32. The normalized spacial score (nSPS) is 11.9. The highest BCUT2D eigenvalue weighted by atomic mass is 32.2. The summed E-state index contributed by atoms with van der Waals surface area (Å²) in [5.41, 5.74) is 1.06. The minimum absolute atomic E-state index is 0.0249. The fraction of sp³-hybridized carbons (Fsp3) is 0.261. The van der Waals surface area contributed by atoms with Crippen molar-refractivity contribution < 1.29 is 31.3 Å². The molecule has 0 spiro atoms. The van der Waals surface area contributed by atoms with Crippen LogP contribution in [0.25, 0.3) is 22.4 Å². The van der Waals surface area contributed by atoms with Crippen LogP contribution in [0.4, 0.5) is 4.39 Å². The van der Waals surface area contributed by atoms with Gasteiger partial charge in [0.05, 0.1) is 17.1 Å². The summed E-state index contributed by atoms with van der Waals surface area (Å²) >= 11 is 0. The van der Waals surface area contributed by atoms with Crippen LogP contribution in [0.1, 0.15) is 28.9 Å². The van der Waals surface area contributed by atoms with E-state index in [-0.39, 0.29) is 47.5 Å². The maximum absolute atomic E-state index is 13.9. The van der Waals surface area contributed by atoms with Crippen LogP contribution in [0.3, 0.4) is 0 Å². The molecule has 2 heterocycles. The molecule has 0 aliphatic heterocycles. The number of halogens is 1. The number of benzene rings is 2. The van der Waals surface area contributed by atoms with Crippen molar-refractivity contribution in [2.45, 2.75) is 25.2 Å². The van der Waals surface area contributed by atoms with Crippen molar-refractivity contribution in [3.05, 3.63) is 65.4 Å². The molecule has 0 bridgehead atoms. The van der Waals surface area contributed by atoms with Gasteiger partial charge in [0.25, 0.3) is 5.89 Å². The summed E-state index contributed by atoms with van der Waals surface area (Å²) in [7, 11) is -2.43. The van der Waals surface area contributed by atoms with E-state index in [4.69, 9.17) is 13.7 Å². The minimum atomic E-state index is -3.86. The Morgan fingerprint density at radius 2 is 1.97 bits per heavy atom. The Labute approximate surface area is 195 Å². The summed E-state index contributed by atoms with van der Waals surface area (Å²) < 4.78 is 57.0. The lowest BCUT2D eigenvalue weighted by Gasteiger charge is -2.16. The number of hydrogen-bond acceptors (Lipinski definition) is 8. The molecule has 0 N–H and O–H groups in total. The number of aryl methyl sites for hydroxylation is 1. The Hall–Kier alpha value is -3.57. The molecular formula is C23H22FN3O6S. The van der Waals surface area contributed by atoms with Gasteiger partial charge in [0.1, 0.15) is 11.4 Å². The number of rotatable bonds is 8. The fourth-order valence-electron chi connectivity index (χ4n) is 3.41. The first-order valence-electron chi connectivity index (χ1n) is 10.5. The minimum Gasteiger partial charge on any atom is -0.460 e. The summed E-state index contributed by atoms with van der Waals surface area (Å²) in [6.45, 7) is 3.62. The average molecular weight is 488 g/mol. The molecule has 0 unspecified atom stereocenters. The number of nitrogens with zero attached hydrogens (tertiary/aromatic N) is 3. The predicted molar refractivity (Wildman–Crippen MR) is 120 cm³/mol. The number of furan rings is 1. The van der Waals surface area contributed by atoms with Crippen LogP contribution >= 0.6 is 0 Å². The van der Waals surface area contributed by atoms with Crippen molar-refractivity contribution >= 4 is 27.0 Å². The van der Waals surface area contributed by atoms with E-state index in [9.17, 15) is 17.6 Å². The lowest BCUT2D eigenvalue weighted by atomic mass is 10.1. The highest BCUT2D eigenvalue weighted by Crippen LogP contribution is 2.29. The van der Waals surface area contributed by atoms with Crippen LogP contribution in [-0.4, -0.2) is 49.0 Å². The van der Waals surface area contributed by atoms with Crippen LogP contribution in [0.2, 0.25) is 0 Å². The average Bonchev–Trinajstić information content (AvgIpc) is 3.42. The zero-order valence-electron chi connectivity index (χ0n) is 18.7. The number of esters is 1. The molecule has 0 aliphatic carbocycles. The van der Waals surface area contributed by atoms with Crippen LogP contribution in [0.5, 0.6) is 0 Å². The largest absolute Gasteiger partial charge is 0.460 e.